The van der Waals surface area contributed by atoms with Gasteiger partial charge in [0.1, 0.15) is 11.5 Å². The van der Waals surface area contributed by atoms with Crippen LogP contribution in [-0.2, 0) is 16.6 Å². The van der Waals surface area contributed by atoms with Crippen molar-refractivity contribution in [3.05, 3.63) is 63.2 Å². The minimum absolute atomic E-state index is 0.0284. The number of alkyl halides is 6. The molecular weight excluding hydrogens is 461 g/mol. The monoisotopic (exact) mass is 470 g/mol. The Morgan fingerprint density at radius 1 is 1.19 bits per heavy atom. The summed E-state index contributed by atoms with van der Waals surface area (Å²) < 4.78 is 95.8. The Hall–Kier alpha value is -2.89. The van der Waals surface area contributed by atoms with Crippen LogP contribution in [0.1, 0.15) is 39.3 Å². The van der Waals surface area contributed by atoms with Gasteiger partial charge in [-0.2, -0.15) is 26.3 Å². The molecule has 2 heterocycles. The second-order valence-corrected chi connectivity index (χ2v) is 6.99. The molecule has 13 heteroatoms. The summed E-state index contributed by atoms with van der Waals surface area (Å²) in [6, 6.07) is 2.26. The van der Waals surface area contributed by atoms with Crippen molar-refractivity contribution in [3.8, 4) is 0 Å². The summed E-state index contributed by atoms with van der Waals surface area (Å²) in [4.78, 5) is 19.4. The van der Waals surface area contributed by atoms with Crippen molar-refractivity contribution >= 4 is 23.3 Å². The van der Waals surface area contributed by atoms with Gasteiger partial charge in [0.2, 0.25) is 0 Å². The van der Waals surface area contributed by atoms with Gasteiger partial charge in [-0.1, -0.05) is 16.8 Å². The topological polar surface area (TPSA) is 71.8 Å². The summed E-state index contributed by atoms with van der Waals surface area (Å²) in [6.45, 7) is 1.28. The van der Waals surface area contributed by atoms with Gasteiger partial charge in [0.05, 0.1) is 34.0 Å². The number of oxime groups is 1. The fraction of sp³-hybridized carbons (Fsp3) is 0.278. The van der Waals surface area contributed by atoms with Gasteiger partial charge in [0.25, 0.3) is 5.60 Å². The van der Waals surface area contributed by atoms with E-state index in [9.17, 15) is 35.5 Å². The highest BCUT2D eigenvalue weighted by Crippen LogP contribution is 2.51. The number of hydrogen-bond donors (Lipinski definition) is 1. The van der Waals surface area contributed by atoms with Crippen molar-refractivity contribution in [2.75, 3.05) is 0 Å². The number of carboxylic acids is 1. The molecule has 1 unspecified atom stereocenters. The maximum atomic E-state index is 14.5. The van der Waals surface area contributed by atoms with Gasteiger partial charge in [-0.25, -0.2) is 9.18 Å². The highest BCUT2D eigenvalue weighted by atomic mass is 35.5. The van der Waals surface area contributed by atoms with Crippen LogP contribution in [0.3, 0.4) is 0 Å². The minimum atomic E-state index is -5.40. The van der Waals surface area contributed by atoms with E-state index in [0.29, 0.717) is 0 Å². The molecule has 0 aliphatic carbocycles. The number of nitrogens with zero attached hydrogens (tertiary/aromatic N) is 2. The average Bonchev–Trinajstić information content (AvgIpc) is 3.09. The van der Waals surface area contributed by atoms with Crippen LogP contribution in [0.4, 0.5) is 30.7 Å². The molecular formula is C18H10ClF7N2O3. The molecule has 0 saturated carbocycles. The van der Waals surface area contributed by atoms with E-state index in [1.165, 1.54) is 6.92 Å². The Kier molecular flexibility index (Phi) is 5.41. The lowest BCUT2D eigenvalue weighted by molar-refractivity contribution is -0.276. The molecule has 1 aliphatic rings. The molecule has 31 heavy (non-hydrogen) atoms. The van der Waals surface area contributed by atoms with E-state index in [0.717, 1.165) is 12.1 Å². The lowest BCUT2D eigenvalue weighted by Gasteiger charge is -2.30. The number of aryl methyl sites for hydroxylation is 1. The Morgan fingerprint density at radius 2 is 1.84 bits per heavy atom. The molecule has 5 nitrogen and oxygen atoms in total. The highest BCUT2D eigenvalue weighted by Gasteiger charge is 2.64. The van der Waals surface area contributed by atoms with Crippen LogP contribution in [0.5, 0.6) is 0 Å². The van der Waals surface area contributed by atoms with E-state index in [4.69, 9.17) is 16.7 Å². The third-order valence-corrected chi connectivity index (χ3v) is 4.86. The summed E-state index contributed by atoms with van der Waals surface area (Å²) in [6.07, 6.45) is -11.7. The molecule has 3 rings (SSSR count). The second kappa shape index (κ2) is 7.36. The quantitative estimate of drug-likeness (QED) is 0.603. The Morgan fingerprint density at radius 3 is 2.35 bits per heavy atom. The Bertz CT molecular complexity index is 1100. The zero-order valence-corrected chi connectivity index (χ0v) is 16.0. The lowest BCUT2D eigenvalue weighted by Crippen LogP contribution is -2.43. The molecule has 1 aliphatic heterocycles. The van der Waals surface area contributed by atoms with Gasteiger partial charge in [-0.3, -0.25) is 4.98 Å². The van der Waals surface area contributed by atoms with Gasteiger partial charge >= 0.3 is 18.3 Å². The molecule has 0 saturated heterocycles. The third kappa shape index (κ3) is 3.91. The number of benzene rings is 1. The molecule has 0 radical (unpaired) electrons. The van der Waals surface area contributed by atoms with Crippen molar-refractivity contribution in [2.45, 2.75) is 31.3 Å². The number of aromatic nitrogens is 1. The van der Waals surface area contributed by atoms with Crippen LogP contribution >= 0.6 is 11.6 Å². The molecule has 1 aromatic carbocycles. The molecule has 1 N–H and O–H groups in total. The van der Waals surface area contributed by atoms with E-state index in [1.54, 1.807) is 0 Å². The second-order valence-electron chi connectivity index (χ2n) is 6.58. The SMILES string of the molecule is Cc1nc(C2=NOC(c3cc(C(F)(F)F)cc(Cl)c3F)(C(F)(F)F)C2)ccc1C(=O)O. The fourth-order valence-corrected chi connectivity index (χ4v) is 3.23. The molecule has 0 bridgehead atoms. The first-order valence-corrected chi connectivity index (χ1v) is 8.65. The number of pyridine rings is 1. The summed E-state index contributed by atoms with van der Waals surface area (Å²) >= 11 is 5.43. The lowest BCUT2D eigenvalue weighted by atomic mass is 9.86. The van der Waals surface area contributed by atoms with E-state index in [-0.39, 0.29) is 29.1 Å². The van der Waals surface area contributed by atoms with Crippen LogP contribution in [0, 0.1) is 12.7 Å². The Labute approximate surface area is 174 Å². The van der Waals surface area contributed by atoms with E-state index in [1.807, 2.05) is 0 Å². The number of carboxylic acid groups (broad SMARTS) is 1. The number of halogens is 8. The predicted octanol–water partition coefficient (Wildman–Crippen LogP) is 5.48. The summed E-state index contributed by atoms with van der Waals surface area (Å²) in [5.74, 6) is -3.07. The normalized spacial score (nSPS) is 19.2. The van der Waals surface area contributed by atoms with E-state index >= 15 is 0 Å². The highest BCUT2D eigenvalue weighted by molar-refractivity contribution is 6.30. The first-order chi connectivity index (χ1) is 14.2. The predicted molar refractivity (Wildman–Crippen MR) is 92.3 cm³/mol. The number of rotatable bonds is 3. The molecule has 0 amide bonds. The zero-order chi connectivity index (χ0) is 23.4. The van der Waals surface area contributed by atoms with Gasteiger partial charge in [-0.05, 0) is 31.2 Å². The van der Waals surface area contributed by atoms with Crippen LogP contribution in [-0.4, -0.2) is 27.9 Å². The van der Waals surface area contributed by atoms with Crippen LogP contribution < -0.4 is 0 Å². The Balaban J connectivity index is 2.12. The maximum absolute atomic E-state index is 14.5. The fourth-order valence-electron chi connectivity index (χ4n) is 3.01. The third-order valence-electron chi connectivity index (χ3n) is 4.59. The molecule has 0 spiro atoms. The van der Waals surface area contributed by atoms with Gasteiger partial charge in [-0.15, -0.1) is 0 Å². The van der Waals surface area contributed by atoms with E-state index < -0.39 is 58.0 Å². The van der Waals surface area contributed by atoms with Crippen LogP contribution in [0.2, 0.25) is 5.02 Å². The van der Waals surface area contributed by atoms with Crippen molar-refractivity contribution in [1.82, 2.24) is 4.98 Å². The van der Waals surface area contributed by atoms with Crippen molar-refractivity contribution in [3.63, 3.8) is 0 Å². The van der Waals surface area contributed by atoms with Crippen molar-refractivity contribution in [2.24, 2.45) is 5.16 Å². The average molecular weight is 471 g/mol. The number of carbonyl (C=O) groups is 1. The van der Waals surface area contributed by atoms with Gasteiger partial charge in [0, 0.05) is 5.56 Å². The molecule has 1 aromatic heterocycles. The smallest absolute Gasteiger partial charge is 0.435 e. The first-order valence-electron chi connectivity index (χ1n) is 8.27. The van der Waals surface area contributed by atoms with Gasteiger partial charge in [0.15, 0.2) is 0 Å². The van der Waals surface area contributed by atoms with Crippen molar-refractivity contribution < 1.29 is 45.5 Å². The zero-order valence-electron chi connectivity index (χ0n) is 15.2. The largest absolute Gasteiger partial charge is 0.478 e. The maximum Gasteiger partial charge on any atom is 0.435 e. The minimum Gasteiger partial charge on any atom is -0.478 e. The van der Waals surface area contributed by atoms with Crippen LogP contribution in [0.25, 0.3) is 0 Å². The molecule has 0 fully saturated rings. The van der Waals surface area contributed by atoms with Gasteiger partial charge < -0.3 is 9.94 Å². The molecule has 2 aromatic rings. The standard InChI is InChI=1S/C18H10ClF7N2O3/c1-7-9(15(29)30)2-3-12(27-7)13-6-16(31-28-13,18(24,25)26)10-4-8(17(21,22)23)5-11(19)14(10)20/h2-5H,6H2,1H3,(H,29,30). The first kappa shape index (κ1) is 22.8. The summed E-state index contributed by atoms with van der Waals surface area (Å²) in [5.41, 5.74) is -7.64. The summed E-state index contributed by atoms with van der Waals surface area (Å²) in [7, 11) is 0. The van der Waals surface area contributed by atoms with Crippen molar-refractivity contribution in [1.29, 1.82) is 0 Å². The number of hydrogen-bond acceptors (Lipinski definition) is 4. The van der Waals surface area contributed by atoms with E-state index in [2.05, 4.69) is 15.0 Å². The molecule has 1 atom stereocenters. The summed E-state index contributed by atoms with van der Waals surface area (Å²) in [5, 5.41) is 11.1. The molecule has 166 valence electrons. The number of aromatic carboxylic acids is 1. The van der Waals surface area contributed by atoms with Crippen LogP contribution in [0.15, 0.2) is 29.4 Å².